The van der Waals surface area contributed by atoms with Gasteiger partial charge in [-0.2, -0.15) is 13.2 Å². The highest BCUT2D eigenvalue weighted by atomic mass is 19.4. The monoisotopic (exact) mass is 372 g/mol. The van der Waals surface area contributed by atoms with Crippen LogP contribution in [-0.2, 0) is 12.6 Å². The molecule has 0 spiro atoms. The number of hydrogen-bond donors (Lipinski definition) is 0. The summed E-state index contributed by atoms with van der Waals surface area (Å²) in [5.41, 5.74) is 1.71. The number of halogens is 3. The summed E-state index contributed by atoms with van der Waals surface area (Å²) in [6.45, 7) is 1.96. The Labute approximate surface area is 153 Å². The van der Waals surface area contributed by atoms with Gasteiger partial charge in [-0.1, -0.05) is 18.2 Å². The topological polar surface area (TPSA) is 44.2 Å². The molecular formula is C20H15F3N2O2. The molecule has 3 aromatic rings. The SMILES string of the molecule is Cc1cc(Oc2ncccc2-c2cccc3c2OCC3)cnc1C(F)(F)F. The molecule has 0 N–H and O–H groups in total. The Morgan fingerprint density at radius 3 is 2.67 bits per heavy atom. The van der Waals surface area contributed by atoms with Gasteiger partial charge in [-0.25, -0.2) is 9.97 Å². The van der Waals surface area contributed by atoms with Crippen LogP contribution >= 0.6 is 0 Å². The van der Waals surface area contributed by atoms with Crippen molar-refractivity contribution < 1.29 is 22.6 Å². The second-order valence-corrected chi connectivity index (χ2v) is 6.18. The minimum atomic E-state index is -4.50. The van der Waals surface area contributed by atoms with Gasteiger partial charge in [0.15, 0.2) is 0 Å². The summed E-state index contributed by atoms with van der Waals surface area (Å²) >= 11 is 0. The molecule has 4 rings (SSSR count). The van der Waals surface area contributed by atoms with Crippen molar-refractivity contribution >= 4 is 0 Å². The van der Waals surface area contributed by atoms with Crippen LogP contribution in [0.25, 0.3) is 11.1 Å². The number of pyridine rings is 2. The van der Waals surface area contributed by atoms with Crippen molar-refractivity contribution in [2.75, 3.05) is 6.61 Å². The third-order valence-electron chi connectivity index (χ3n) is 4.31. The summed E-state index contributed by atoms with van der Waals surface area (Å²) in [6, 6.07) is 10.8. The van der Waals surface area contributed by atoms with E-state index >= 15 is 0 Å². The largest absolute Gasteiger partial charge is 0.492 e. The van der Waals surface area contributed by atoms with Crippen molar-refractivity contribution in [3.05, 3.63) is 65.6 Å². The van der Waals surface area contributed by atoms with E-state index in [1.807, 2.05) is 24.3 Å². The molecule has 138 valence electrons. The molecule has 3 heterocycles. The molecule has 0 aliphatic carbocycles. The molecule has 0 saturated heterocycles. The Balaban J connectivity index is 1.71. The van der Waals surface area contributed by atoms with E-state index in [0.29, 0.717) is 12.2 Å². The highest BCUT2D eigenvalue weighted by molar-refractivity contribution is 5.76. The fourth-order valence-corrected chi connectivity index (χ4v) is 3.12. The van der Waals surface area contributed by atoms with Crippen LogP contribution < -0.4 is 9.47 Å². The van der Waals surface area contributed by atoms with Crippen molar-refractivity contribution in [3.63, 3.8) is 0 Å². The first-order chi connectivity index (χ1) is 12.9. The first-order valence-corrected chi connectivity index (χ1v) is 8.35. The van der Waals surface area contributed by atoms with Crippen LogP contribution in [0.2, 0.25) is 0 Å². The van der Waals surface area contributed by atoms with Gasteiger partial charge < -0.3 is 9.47 Å². The quantitative estimate of drug-likeness (QED) is 0.634. The smallest absolute Gasteiger partial charge is 0.433 e. The van der Waals surface area contributed by atoms with Gasteiger partial charge in [0.25, 0.3) is 0 Å². The van der Waals surface area contributed by atoms with Gasteiger partial charge >= 0.3 is 6.18 Å². The number of para-hydroxylation sites is 1. The number of aromatic nitrogens is 2. The molecule has 0 unspecified atom stereocenters. The minimum Gasteiger partial charge on any atom is -0.492 e. The number of hydrogen-bond acceptors (Lipinski definition) is 4. The van der Waals surface area contributed by atoms with Gasteiger partial charge in [-0.15, -0.1) is 0 Å². The summed E-state index contributed by atoms with van der Waals surface area (Å²) in [7, 11) is 0. The standard InChI is InChI=1S/C20H15F3N2O2/c1-12-10-14(11-25-18(12)20(21,22)23)27-19-16(6-3-8-24-19)15-5-2-4-13-7-9-26-17(13)15/h2-6,8,10-11H,7,9H2,1H3. The lowest BCUT2D eigenvalue weighted by Gasteiger charge is -2.14. The van der Waals surface area contributed by atoms with E-state index in [0.717, 1.165) is 29.5 Å². The van der Waals surface area contributed by atoms with Gasteiger partial charge in [-0.05, 0) is 36.2 Å². The van der Waals surface area contributed by atoms with Crippen molar-refractivity contribution in [1.82, 2.24) is 9.97 Å². The molecule has 0 bridgehead atoms. The number of rotatable bonds is 3. The maximum atomic E-state index is 12.9. The van der Waals surface area contributed by atoms with Crippen LogP contribution in [0.4, 0.5) is 13.2 Å². The zero-order valence-electron chi connectivity index (χ0n) is 14.4. The fraction of sp³-hybridized carbons (Fsp3) is 0.200. The molecule has 0 fully saturated rings. The number of fused-ring (bicyclic) bond motifs is 1. The number of alkyl halides is 3. The van der Waals surface area contributed by atoms with Crippen LogP contribution in [-0.4, -0.2) is 16.6 Å². The average molecular weight is 372 g/mol. The summed E-state index contributed by atoms with van der Waals surface area (Å²) < 4.78 is 50.2. The van der Waals surface area contributed by atoms with E-state index in [-0.39, 0.29) is 17.2 Å². The zero-order chi connectivity index (χ0) is 19.0. The Morgan fingerprint density at radius 1 is 1.07 bits per heavy atom. The second kappa shape index (κ2) is 6.57. The lowest BCUT2D eigenvalue weighted by Crippen LogP contribution is -2.10. The van der Waals surface area contributed by atoms with Gasteiger partial charge in [0.05, 0.1) is 12.8 Å². The highest BCUT2D eigenvalue weighted by Crippen LogP contribution is 2.41. The Morgan fingerprint density at radius 2 is 1.89 bits per heavy atom. The summed E-state index contributed by atoms with van der Waals surface area (Å²) in [5.74, 6) is 1.26. The van der Waals surface area contributed by atoms with Crippen LogP contribution in [0, 0.1) is 6.92 Å². The molecule has 7 heteroatoms. The molecule has 1 aromatic carbocycles. The summed E-state index contributed by atoms with van der Waals surface area (Å²) in [5, 5.41) is 0. The number of ether oxygens (including phenoxy) is 2. The van der Waals surface area contributed by atoms with E-state index < -0.39 is 11.9 Å². The van der Waals surface area contributed by atoms with E-state index in [1.165, 1.54) is 13.0 Å². The Hall–Kier alpha value is -3.09. The van der Waals surface area contributed by atoms with Crippen molar-refractivity contribution in [3.8, 4) is 28.5 Å². The van der Waals surface area contributed by atoms with Crippen LogP contribution in [0.1, 0.15) is 16.8 Å². The molecule has 27 heavy (non-hydrogen) atoms. The predicted octanol–water partition coefficient (Wildman–Crippen LogP) is 5.20. The number of benzene rings is 1. The molecule has 0 atom stereocenters. The molecule has 0 saturated carbocycles. The molecule has 0 radical (unpaired) electrons. The van der Waals surface area contributed by atoms with E-state index in [9.17, 15) is 13.2 Å². The lowest BCUT2D eigenvalue weighted by atomic mass is 10.0. The molecule has 1 aliphatic heterocycles. The van der Waals surface area contributed by atoms with Crippen LogP contribution in [0.3, 0.4) is 0 Å². The maximum absolute atomic E-state index is 12.9. The fourth-order valence-electron chi connectivity index (χ4n) is 3.12. The highest BCUT2D eigenvalue weighted by Gasteiger charge is 2.34. The normalized spacial score (nSPS) is 13.2. The van der Waals surface area contributed by atoms with E-state index in [4.69, 9.17) is 9.47 Å². The Kier molecular flexibility index (Phi) is 4.22. The predicted molar refractivity (Wildman–Crippen MR) is 92.9 cm³/mol. The summed E-state index contributed by atoms with van der Waals surface area (Å²) in [6.07, 6.45) is -1.05. The lowest BCUT2D eigenvalue weighted by molar-refractivity contribution is -0.141. The summed E-state index contributed by atoms with van der Waals surface area (Å²) in [4.78, 5) is 7.75. The molecule has 2 aromatic heterocycles. The van der Waals surface area contributed by atoms with Crippen molar-refractivity contribution in [1.29, 1.82) is 0 Å². The average Bonchev–Trinajstić information content (AvgIpc) is 3.10. The van der Waals surface area contributed by atoms with Gasteiger partial charge in [0.1, 0.15) is 17.2 Å². The van der Waals surface area contributed by atoms with E-state index in [1.54, 1.807) is 12.3 Å². The van der Waals surface area contributed by atoms with Crippen LogP contribution in [0.15, 0.2) is 48.8 Å². The van der Waals surface area contributed by atoms with Crippen molar-refractivity contribution in [2.24, 2.45) is 0 Å². The van der Waals surface area contributed by atoms with Crippen LogP contribution in [0.5, 0.6) is 17.4 Å². The minimum absolute atomic E-state index is 0.0126. The van der Waals surface area contributed by atoms with Gasteiger partial charge in [0.2, 0.25) is 5.88 Å². The number of aryl methyl sites for hydroxylation is 1. The first kappa shape index (κ1) is 17.3. The zero-order valence-corrected chi connectivity index (χ0v) is 14.4. The molecule has 1 aliphatic rings. The van der Waals surface area contributed by atoms with Gasteiger partial charge in [0, 0.05) is 23.7 Å². The first-order valence-electron chi connectivity index (χ1n) is 8.35. The van der Waals surface area contributed by atoms with Gasteiger partial charge in [-0.3, -0.25) is 0 Å². The second-order valence-electron chi connectivity index (χ2n) is 6.18. The van der Waals surface area contributed by atoms with E-state index in [2.05, 4.69) is 9.97 Å². The maximum Gasteiger partial charge on any atom is 0.433 e. The Bertz CT molecular complexity index is 1000. The molecule has 4 nitrogen and oxygen atoms in total. The molecule has 0 amide bonds. The third-order valence-corrected chi connectivity index (χ3v) is 4.31. The van der Waals surface area contributed by atoms with Crippen molar-refractivity contribution in [2.45, 2.75) is 19.5 Å². The number of nitrogens with zero attached hydrogens (tertiary/aromatic N) is 2. The third kappa shape index (κ3) is 3.32. The molecular weight excluding hydrogens is 357 g/mol.